The van der Waals surface area contributed by atoms with Gasteiger partial charge >= 0.3 is 0 Å². The van der Waals surface area contributed by atoms with Crippen molar-refractivity contribution in [2.24, 2.45) is 5.92 Å². The van der Waals surface area contributed by atoms with Crippen LogP contribution >= 0.6 is 0 Å². The van der Waals surface area contributed by atoms with E-state index in [9.17, 15) is 0 Å². The van der Waals surface area contributed by atoms with Gasteiger partial charge in [-0.1, -0.05) is 25.0 Å². The van der Waals surface area contributed by atoms with Crippen LogP contribution in [0.2, 0.25) is 0 Å². The third-order valence-electron chi connectivity index (χ3n) is 1.65. The van der Waals surface area contributed by atoms with Crippen LogP contribution in [0.5, 0.6) is 0 Å². The Labute approximate surface area is 102 Å². The fourth-order valence-corrected chi connectivity index (χ4v) is 0.577. The topological polar surface area (TPSA) is 40.5 Å². The molecule has 0 aromatic rings. The Kier molecular flexibility index (Phi) is 16.7. The smallest absolute Gasteiger partial charge is 0.0483 e. The summed E-state index contributed by atoms with van der Waals surface area (Å²) in [6.07, 6.45) is -0.333. The van der Waals surface area contributed by atoms with E-state index in [1.165, 1.54) is 11.1 Å². The molecule has 0 aliphatic heterocycles. The molecule has 0 amide bonds. The molecule has 0 atom stereocenters. The second-order valence-electron chi connectivity index (χ2n) is 5.03. The molecular formula is C14H32O2. The van der Waals surface area contributed by atoms with Gasteiger partial charge in [0.1, 0.15) is 0 Å². The van der Waals surface area contributed by atoms with Crippen LogP contribution in [-0.2, 0) is 0 Å². The van der Waals surface area contributed by atoms with Crippen LogP contribution in [0.15, 0.2) is 11.1 Å². The highest BCUT2D eigenvalue weighted by atomic mass is 16.3. The summed E-state index contributed by atoms with van der Waals surface area (Å²) in [6.45, 7) is 17.9. The molecule has 0 aliphatic rings. The van der Waals surface area contributed by atoms with Crippen molar-refractivity contribution in [3.63, 3.8) is 0 Å². The van der Waals surface area contributed by atoms with Crippen LogP contribution in [0.3, 0.4) is 0 Å². The van der Waals surface area contributed by atoms with Crippen molar-refractivity contribution < 1.29 is 10.2 Å². The summed E-state index contributed by atoms with van der Waals surface area (Å²) in [6, 6.07) is 0. The molecule has 0 bridgehead atoms. The highest BCUT2D eigenvalue weighted by molar-refractivity contribution is 5.08. The lowest BCUT2D eigenvalue weighted by Gasteiger charge is -2.05. The monoisotopic (exact) mass is 232 g/mol. The first-order valence-corrected chi connectivity index (χ1v) is 6.02. The van der Waals surface area contributed by atoms with Gasteiger partial charge in [-0.2, -0.15) is 0 Å². The normalized spacial score (nSPS) is 9.38. The minimum Gasteiger partial charge on any atom is -0.394 e. The maximum absolute atomic E-state index is 8.06. The summed E-state index contributed by atoms with van der Waals surface area (Å²) in [5.74, 6) is 0.722. The third-order valence-corrected chi connectivity index (χ3v) is 1.65. The average molecular weight is 232 g/mol. The van der Waals surface area contributed by atoms with Gasteiger partial charge in [-0.3, -0.25) is 0 Å². The van der Waals surface area contributed by atoms with Gasteiger partial charge in [0.2, 0.25) is 0 Å². The first kappa shape index (κ1) is 21.0. The molecule has 0 rings (SSSR count). The third kappa shape index (κ3) is 37.3. The Hall–Kier alpha value is -0.340. The van der Waals surface area contributed by atoms with E-state index in [1.807, 2.05) is 0 Å². The summed E-state index contributed by atoms with van der Waals surface area (Å²) >= 11 is 0. The van der Waals surface area contributed by atoms with Crippen LogP contribution < -0.4 is 0 Å². The molecule has 16 heavy (non-hydrogen) atoms. The van der Waals surface area contributed by atoms with Crippen molar-refractivity contribution in [3.05, 3.63) is 11.1 Å². The second-order valence-corrected chi connectivity index (χ2v) is 5.03. The molecule has 2 N–H and O–H groups in total. The number of hydrogen-bond donors (Lipinski definition) is 2. The molecule has 100 valence electrons. The minimum absolute atomic E-state index is 0.167. The maximum Gasteiger partial charge on any atom is 0.0483 e. The lowest BCUT2D eigenvalue weighted by Crippen LogP contribution is -1.89. The van der Waals surface area contributed by atoms with Crippen molar-refractivity contribution >= 4 is 0 Å². The SMILES string of the molecule is CC(C)=C(C)C(C)C.CC(C)O.CC(C)O. The maximum atomic E-state index is 8.06. The highest BCUT2D eigenvalue weighted by Gasteiger charge is 1.95. The van der Waals surface area contributed by atoms with E-state index in [0.717, 1.165) is 5.92 Å². The molecule has 0 saturated heterocycles. The van der Waals surface area contributed by atoms with Crippen LogP contribution in [0, 0.1) is 5.92 Å². The first-order chi connectivity index (χ1) is 7.02. The Bertz CT molecular complexity index is 152. The molecule has 0 saturated carbocycles. The summed E-state index contributed by atoms with van der Waals surface area (Å²) in [4.78, 5) is 0. The lowest BCUT2D eigenvalue weighted by atomic mass is 10.0. The second kappa shape index (κ2) is 12.7. The standard InChI is InChI=1S/C8H16.2C3H8O/c1-6(2)8(5)7(3)4;2*1-3(2)4/h6H,1-5H3;2*3-4H,1-2H3. The van der Waals surface area contributed by atoms with Crippen molar-refractivity contribution in [2.45, 2.75) is 74.5 Å². The fourth-order valence-electron chi connectivity index (χ4n) is 0.577. The first-order valence-electron chi connectivity index (χ1n) is 6.02. The predicted octanol–water partition coefficient (Wildman–Crippen LogP) is 3.77. The van der Waals surface area contributed by atoms with Crippen molar-refractivity contribution in [1.82, 2.24) is 0 Å². The number of hydrogen-bond acceptors (Lipinski definition) is 2. The van der Waals surface area contributed by atoms with Crippen molar-refractivity contribution in [1.29, 1.82) is 0 Å². The van der Waals surface area contributed by atoms with Crippen LogP contribution in [0.25, 0.3) is 0 Å². The van der Waals surface area contributed by atoms with Gasteiger partial charge in [0.25, 0.3) is 0 Å². The van der Waals surface area contributed by atoms with Gasteiger partial charge in [0.05, 0.1) is 0 Å². The Morgan fingerprint density at radius 1 is 0.688 bits per heavy atom. The highest BCUT2D eigenvalue weighted by Crippen LogP contribution is 2.11. The summed E-state index contributed by atoms with van der Waals surface area (Å²) < 4.78 is 0. The quantitative estimate of drug-likeness (QED) is 0.676. The molecule has 0 aromatic heterocycles. The lowest BCUT2D eigenvalue weighted by molar-refractivity contribution is 0.215. The van der Waals surface area contributed by atoms with Gasteiger partial charge in [0, 0.05) is 12.2 Å². The van der Waals surface area contributed by atoms with Crippen molar-refractivity contribution in [2.75, 3.05) is 0 Å². The minimum atomic E-state index is -0.167. The molecule has 0 fully saturated rings. The molecule has 0 heterocycles. The molecular weight excluding hydrogens is 200 g/mol. The van der Waals surface area contributed by atoms with Crippen LogP contribution in [-0.4, -0.2) is 22.4 Å². The zero-order valence-corrected chi connectivity index (χ0v) is 12.6. The zero-order chi connectivity index (χ0) is 13.9. The molecule has 0 spiro atoms. The molecule has 2 heteroatoms. The summed E-state index contributed by atoms with van der Waals surface area (Å²) in [5.41, 5.74) is 2.98. The van der Waals surface area contributed by atoms with E-state index in [4.69, 9.17) is 10.2 Å². The average Bonchev–Trinajstić information content (AvgIpc) is 2.00. The van der Waals surface area contributed by atoms with E-state index in [1.54, 1.807) is 27.7 Å². The van der Waals surface area contributed by atoms with Gasteiger partial charge in [-0.25, -0.2) is 0 Å². The van der Waals surface area contributed by atoms with E-state index in [0.29, 0.717) is 0 Å². The van der Waals surface area contributed by atoms with E-state index in [2.05, 4.69) is 34.6 Å². The van der Waals surface area contributed by atoms with Crippen LogP contribution in [0.4, 0.5) is 0 Å². The largest absolute Gasteiger partial charge is 0.394 e. The zero-order valence-electron chi connectivity index (χ0n) is 12.6. The van der Waals surface area contributed by atoms with Crippen LogP contribution in [0.1, 0.15) is 62.3 Å². The number of allylic oxidation sites excluding steroid dienone is 2. The summed E-state index contributed by atoms with van der Waals surface area (Å²) in [5, 5.41) is 16.1. The molecule has 0 aliphatic carbocycles. The predicted molar refractivity (Wildman–Crippen MR) is 73.6 cm³/mol. The number of rotatable bonds is 1. The van der Waals surface area contributed by atoms with E-state index in [-0.39, 0.29) is 12.2 Å². The van der Waals surface area contributed by atoms with E-state index >= 15 is 0 Å². The number of aliphatic hydroxyl groups excluding tert-OH is 2. The number of aliphatic hydroxyl groups is 2. The van der Waals surface area contributed by atoms with E-state index < -0.39 is 0 Å². The van der Waals surface area contributed by atoms with Gasteiger partial charge < -0.3 is 10.2 Å². The Balaban J connectivity index is -0.000000179. The summed E-state index contributed by atoms with van der Waals surface area (Å²) in [7, 11) is 0. The molecule has 0 radical (unpaired) electrons. The van der Waals surface area contributed by atoms with Gasteiger partial charge in [-0.05, 0) is 54.4 Å². The molecule has 0 unspecified atom stereocenters. The molecule has 0 aromatic carbocycles. The molecule has 2 nitrogen and oxygen atoms in total. The fraction of sp³-hybridized carbons (Fsp3) is 0.857. The van der Waals surface area contributed by atoms with Gasteiger partial charge in [0.15, 0.2) is 0 Å². The Morgan fingerprint density at radius 3 is 0.875 bits per heavy atom. The van der Waals surface area contributed by atoms with Crippen molar-refractivity contribution in [3.8, 4) is 0 Å². The van der Waals surface area contributed by atoms with Gasteiger partial charge in [-0.15, -0.1) is 0 Å². The Morgan fingerprint density at radius 2 is 0.875 bits per heavy atom.